The van der Waals surface area contributed by atoms with E-state index in [-0.39, 0.29) is 18.2 Å². The molecule has 1 heterocycles. The summed E-state index contributed by atoms with van der Waals surface area (Å²) in [6.45, 7) is 0.0771. The van der Waals surface area contributed by atoms with Crippen molar-refractivity contribution < 1.29 is 22.7 Å². The van der Waals surface area contributed by atoms with Crippen LogP contribution < -0.4 is 0 Å². The molecule has 4 nitrogen and oxygen atoms in total. The van der Waals surface area contributed by atoms with Crippen LogP contribution in [0.15, 0.2) is 35.2 Å². The van der Waals surface area contributed by atoms with Gasteiger partial charge in [0.15, 0.2) is 0 Å². The SMILES string of the molecule is COCC(c1cccc(C(F)(F)F)c1)N(C)C(=O)c1cscn1. The maximum Gasteiger partial charge on any atom is 0.416 e. The lowest BCUT2D eigenvalue weighted by molar-refractivity contribution is -0.137. The van der Waals surface area contributed by atoms with Crippen molar-refractivity contribution in [3.05, 3.63) is 52.0 Å². The molecule has 0 saturated heterocycles. The van der Waals surface area contributed by atoms with Gasteiger partial charge in [-0.1, -0.05) is 12.1 Å². The number of hydrogen-bond donors (Lipinski definition) is 0. The molecule has 0 saturated carbocycles. The molecule has 1 amide bonds. The molecular formula is C15H15F3N2O2S. The largest absolute Gasteiger partial charge is 0.416 e. The van der Waals surface area contributed by atoms with Crippen molar-refractivity contribution in [3.63, 3.8) is 0 Å². The monoisotopic (exact) mass is 344 g/mol. The maximum absolute atomic E-state index is 12.9. The molecule has 1 aromatic carbocycles. The van der Waals surface area contributed by atoms with Crippen molar-refractivity contribution in [2.75, 3.05) is 20.8 Å². The zero-order chi connectivity index (χ0) is 17.0. The number of thiazole rings is 1. The standard InChI is InChI=1S/C15H15F3N2O2S/c1-20(14(21)12-8-23-9-19-12)13(7-22-2)10-4-3-5-11(6-10)15(16,17)18/h3-6,8-9,13H,7H2,1-2H3. The van der Waals surface area contributed by atoms with Crippen LogP contribution in [0.1, 0.15) is 27.7 Å². The summed E-state index contributed by atoms with van der Waals surface area (Å²) in [5, 5.41) is 1.59. The summed E-state index contributed by atoms with van der Waals surface area (Å²) in [5.74, 6) is -0.370. The Morgan fingerprint density at radius 3 is 2.74 bits per heavy atom. The first-order valence-electron chi connectivity index (χ1n) is 6.66. The van der Waals surface area contributed by atoms with Crippen LogP contribution in [-0.2, 0) is 10.9 Å². The van der Waals surface area contributed by atoms with Crippen LogP contribution in [0.4, 0.5) is 13.2 Å². The van der Waals surface area contributed by atoms with Crippen molar-refractivity contribution in [1.29, 1.82) is 0 Å². The topological polar surface area (TPSA) is 42.4 Å². The molecule has 0 aliphatic rings. The molecule has 2 rings (SSSR count). The molecule has 0 aliphatic carbocycles. The van der Waals surface area contributed by atoms with E-state index in [1.54, 1.807) is 11.4 Å². The van der Waals surface area contributed by atoms with E-state index in [1.807, 2.05) is 0 Å². The zero-order valence-corrected chi connectivity index (χ0v) is 13.3. The Morgan fingerprint density at radius 2 is 2.17 bits per heavy atom. The van der Waals surface area contributed by atoms with Crippen molar-refractivity contribution in [2.24, 2.45) is 0 Å². The minimum absolute atomic E-state index is 0.0771. The number of ether oxygens (including phenoxy) is 1. The Hall–Kier alpha value is -1.93. The van der Waals surface area contributed by atoms with Crippen molar-refractivity contribution >= 4 is 17.2 Å². The van der Waals surface area contributed by atoms with E-state index in [4.69, 9.17) is 4.74 Å². The minimum atomic E-state index is -4.44. The average molecular weight is 344 g/mol. The third kappa shape index (κ3) is 4.08. The van der Waals surface area contributed by atoms with Crippen molar-refractivity contribution in [3.8, 4) is 0 Å². The number of carbonyl (C=O) groups excluding carboxylic acids is 1. The smallest absolute Gasteiger partial charge is 0.382 e. The number of hydrogen-bond acceptors (Lipinski definition) is 4. The first kappa shape index (κ1) is 17.4. The Labute approximate surface area is 135 Å². The van der Waals surface area contributed by atoms with Crippen molar-refractivity contribution in [2.45, 2.75) is 12.2 Å². The van der Waals surface area contributed by atoms with Crippen LogP contribution in [0.3, 0.4) is 0 Å². The Balaban J connectivity index is 2.33. The third-order valence-electron chi connectivity index (χ3n) is 3.36. The van der Waals surface area contributed by atoms with Crippen LogP contribution in [0.5, 0.6) is 0 Å². The zero-order valence-electron chi connectivity index (χ0n) is 12.5. The van der Waals surface area contributed by atoms with Crippen LogP contribution in [0.25, 0.3) is 0 Å². The Bertz CT molecular complexity index is 659. The molecule has 1 atom stereocenters. The van der Waals surface area contributed by atoms with Gasteiger partial charge in [0.05, 0.1) is 23.7 Å². The van der Waals surface area contributed by atoms with Crippen LogP contribution in [-0.4, -0.2) is 36.6 Å². The number of rotatable bonds is 5. The highest BCUT2D eigenvalue weighted by atomic mass is 32.1. The van der Waals surface area contributed by atoms with Gasteiger partial charge in [-0.15, -0.1) is 11.3 Å². The van der Waals surface area contributed by atoms with E-state index in [9.17, 15) is 18.0 Å². The molecule has 0 radical (unpaired) electrons. The number of methoxy groups -OCH3 is 1. The number of nitrogens with zero attached hydrogens (tertiary/aromatic N) is 2. The van der Waals surface area contributed by atoms with Gasteiger partial charge in [-0.3, -0.25) is 4.79 Å². The molecule has 2 aromatic rings. The molecule has 1 aromatic heterocycles. The molecular weight excluding hydrogens is 329 g/mol. The first-order chi connectivity index (χ1) is 10.8. The molecule has 0 bridgehead atoms. The minimum Gasteiger partial charge on any atom is -0.382 e. The van der Waals surface area contributed by atoms with Crippen molar-refractivity contribution in [1.82, 2.24) is 9.88 Å². The fourth-order valence-corrected chi connectivity index (χ4v) is 2.68. The summed E-state index contributed by atoms with van der Waals surface area (Å²) in [6, 6.07) is 4.26. The van der Waals surface area contributed by atoms with Gasteiger partial charge in [-0.05, 0) is 17.7 Å². The third-order valence-corrected chi connectivity index (χ3v) is 3.95. The molecule has 0 spiro atoms. The number of alkyl halides is 3. The van der Waals surface area contributed by atoms with E-state index in [0.29, 0.717) is 5.56 Å². The molecule has 8 heteroatoms. The van der Waals surface area contributed by atoms with Gasteiger partial charge in [-0.2, -0.15) is 13.2 Å². The lowest BCUT2D eigenvalue weighted by atomic mass is 10.0. The number of aromatic nitrogens is 1. The van der Waals surface area contributed by atoms with E-state index in [0.717, 1.165) is 12.1 Å². The predicted molar refractivity (Wildman–Crippen MR) is 80.3 cm³/mol. The molecule has 0 fully saturated rings. The lowest BCUT2D eigenvalue weighted by Gasteiger charge is -2.28. The van der Waals surface area contributed by atoms with Crippen LogP contribution in [0, 0.1) is 0 Å². The van der Waals surface area contributed by atoms with Gasteiger partial charge >= 0.3 is 6.18 Å². The number of halogens is 3. The summed E-state index contributed by atoms with van der Waals surface area (Å²) in [7, 11) is 2.95. The second kappa shape index (κ2) is 7.10. The summed E-state index contributed by atoms with van der Waals surface area (Å²) < 4.78 is 43.7. The first-order valence-corrected chi connectivity index (χ1v) is 7.60. The normalized spacial score (nSPS) is 12.9. The van der Waals surface area contributed by atoms with Gasteiger partial charge in [0.2, 0.25) is 0 Å². The van der Waals surface area contributed by atoms with E-state index in [1.165, 1.54) is 42.0 Å². The highest BCUT2D eigenvalue weighted by Gasteiger charge is 2.32. The number of amides is 1. The summed E-state index contributed by atoms with van der Waals surface area (Å²) in [4.78, 5) is 17.6. The van der Waals surface area contributed by atoms with Crippen LogP contribution >= 0.6 is 11.3 Å². The maximum atomic E-state index is 12.9. The van der Waals surface area contributed by atoms with Gasteiger partial charge in [0, 0.05) is 19.5 Å². The van der Waals surface area contributed by atoms with Gasteiger partial charge in [0.1, 0.15) is 5.69 Å². The number of benzene rings is 1. The van der Waals surface area contributed by atoms with Crippen LogP contribution in [0.2, 0.25) is 0 Å². The molecule has 23 heavy (non-hydrogen) atoms. The molecule has 1 unspecified atom stereocenters. The molecule has 0 N–H and O–H groups in total. The fraction of sp³-hybridized carbons (Fsp3) is 0.333. The molecule has 0 aliphatic heterocycles. The summed E-state index contributed by atoms with van der Waals surface area (Å²) >= 11 is 1.27. The highest BCUT2D eigenvalue weighted by molar-refractivity contribution is 7.07. The van der Waals surface area contributed by atoms with E-state index < -0.39 is 17.8 Å². The second-order valence-electron chi connectivity index (χ2n) is 4.88. The quantitative estimate of drug-likeness (QED) is 0.832. The predicted octanol–water partition coefficient (Wildman–Crippen LogP) is 3.62. The van der Waals surface area contributed by atoms with Gasteiger partial charge in [-0.25, -0.2) is 4.98 Å². The number of likely N-dealkylation sites (N-methyl/N-ethyl adjacent to an activating group) is 1. The average Bonchev–Trinajstić information content (AvgIpc) is 3.05. The number of carbonyl (C=O) groups is 1. The summed E-state index contributed by atoms with van der Waals surface area (Å²) in [6.07, 6.45) is -4.44. The fourth-order valence-electron chi connectivity index (χ4n) is 2.15. The highest BCUT2D eigenvalue weighted by Crippen LogP contribution is 2.32. The van der Waals surface area contributed by atoms with E-state index in [2.05, 4.69) is 4.98 Å². The van der Waals surface area contributed by atoms with Gasteiger partial charge in [0.25, 0.3) is 5.91 Å². The van der Waals surface area contributed by atoms with Gasteiger partial charge < -0.3 is 9.64 Å². The Kier molecular flexibility index (Phi) is 5.38. The Morgan fingerprint density at radius 1 is 1.43 bits per heavy atom. The molecule has 124 valence electrons. The van der Waals surface area contributed by atoms with E-state index >= 15 is 0 Å². The summed E-state index contributed by atoms with van der Waals surface area (Å²) in [5.41, 5.74) is 1.38. The second-order valence-corrected chi connectivity index (χ2v) is 5.60. The lowest BCUT2D eigenvalue weighted by Crippen LogP contribution is -2.34.